The van der Waals surface area contributed by atoms with Crippen LogP contribution >= 0.6 is 0 Å². The van der Waals surface area contributed by atoms with Crippen LogP contribution in [0, 0.1) is 11.6 Å². The summed E-state index contributed by atoms with van der Waals surface area (Å²) >= 11 is 0. The Morgan fingerprint density at radius 1 is 1.30 bits per heavy atom. The Bertz CT molecular complexity index is 566. The molecule has 5 heteroatoms. The molecule has 20 heavy (non-hydrogen) atoms. The van der Waals surface area contributed by atoms with Crippen molar-refractivity contribution in [2.45, 2.75) is 25.8 Å². The number of aryl methyl sites for hydroxylation is 1. The van der Waals surface area contributed by atoms with E-state index in [1.807, 2.05) is 19.3 Å². The van der Waals surface area contributed by atoms with Crippen LogP contribution in [0.4, 0.5) is 8.78 Å². The fraction of sp³-hybridized carbons (Fsp3) is 0.400. The third-order valence-corrected chi connectivity index (χ3v) is 3.17. The second-order valence-corrected chi connectivity index (χ2v) is 4.86. The van der Waals surface area contributed by atoms with Crippen molar-refractivity contribution < 1.29 is 8.78 Å². The summed E-state index contributed by atoms with van der Waals surface area (Å²) in [5, 5.41) is 7.72. The highest BCUT2D eigenvalue weighted by atomic mass is 19.1. The van der Waals surface area contributed by atoms with Crippen LogP contribution in [-0.2, 0) is 13.5 Å². The maximum Gasteiger partial charge on any atom is 0.129 e. The van der Waals surface area contributed by atoms with E-state index in [-0.39, 0.29) is 6.04 Å². The highest BCUT2D eigenvalue weighted by Gasteiger charge is 2.16. The molecule has 0 bridgehead atoms. The number of rotatable bonds is 6. The molecular formula is C15H19F2N3. The molecule has 0 aliphatic carbocycles. The molecule has 108 valence electrons. The first-order valence-electron chi connectivity index (χ1n) is 6.77. The average Bonchev–Trinajstić information content (AvgIpc) is 2.83. The van der Waals surface area contributed by atoms with E-state index in [0.717, 1.165) is 24.7 Å². The van der Waals surface area contributed by atoms with Crippen molar-refractivity contribution in [1.29, 1.82) is 0 Å². The Morgan fingerprint density at radius 2 is 2.10 bits per heavy atom. The number of benzene rings is 1. The molecule has 2 aromatic rings. The van der Waals surface area contributed by atoms with Crippen LogP contribution in [-0.4, -0.2) is 16.3 Å². The predicted molar refractivity (Wildman–Crippen MR) is 74.3 cm³/mol. The maximum absolute atomic E-state index is 13.8. The van der Waals surface area contributed by atoms with Gasteiger partial charge in [0.15, 0.2) is 0 Å². The zero-order valence-electron chi connectivity index (χ0n) is 11.7. The molecule has 0 spiro atoms. The molecular weight excluding hydrogens is 260 g/mol. The molecule has 1 heterocycles. The molecule has 3 nitrogen and oxygen atoms in total. The lowest BCUT2D eigenvalue weighted by atomic mass is 10.0. The molecule has 1 aromatic carbocycles. The summed E-state index contributed by atoms with van der Waals surface area (Å²) in [5.74, 6) is -1.06. The topological polar surface area (TPSA) is 29.9 Å². The zero-order valence-corrected chi connectivity index (χ0v) is 11.7. The third-order valence-electron chi connectivity index (χ3n) is 3.17. The molecule has 0 saturated carbocycles. The first-order valence-corrected chi connectivity index (χ1v) is 6.77. The van der Waals surface area contributed by atoms with Crippen molar-refractivity contribution >= 4 is 0 Å². The molecule has 1 atom stereocenters. The van der Waals surface area contributed by atoms with Gasteiger partial charge in [-0.05, 0) is 37.1 Å². The lowest BCUT2D eigenvalue weighted by Gasteiger charge is -2.17. The minimum absolute atomic E-state index is 0.0730. The van der Waals surface area contributed by atoms with Crippen molar-refractivity contribution in [2.75, 3.05) is 6.54 Å². The van der Waals surface area contributed by atoms with E-state index in [9.17, 15) is 8.78 Å². The summed E-state index contributed by atoms with van der Waals surface area (Å²) in [5.41, 5.74) is 1.36. The van der Waals surface area contributed by atoms with Crippen LogP contribution in [0.2, 0.25) is 0 Å². The van der Waals surface area contributed by atoms with Crippen molar-refractivity contribution in [3.8, 4) is 0 Å². The largest absolute Gasteiger partial charge is 0.308 e. The van der Waals surface area contributed by atoms with E-state index in [0.29, 0.717) is 12.0 Å². The van der Waals surface area contributed by atoms with Gasteiger partial charge in [0.25, 0.3) is 0 Å². The molecule has 0 aliphatic rings. The van der Waals surface area contributed by atoms with Crippen molar-refractivity contribution in [1.82, 2.24) is 15.1 Å². The number of hydrogen-bond acceptors (Lipinski definition) is 2. The Kier molecular flexibility index (Phi) is 4.84. The van der Waals surface area contributed by atoms with E-state index < -0.39 is 11.6 Å². The minimum Gasteiger partial charge on any atom is -0.308 e. The Balaban J connectivity index is 2.18. The van der Waals surface area contributed by atoms with E-state index >= 15 is 0 Å². The van der Waals surface area contributed by atoms with Gasteiger partial charge in [-0.1, -0.05) is 13.0 Å². The van der Waals surface area contributed by atoms with Crippen LogP contribution in [0.15, 0.2) is 30.5 Å². The smallest absolute Gasteiger partial charge is 0.129 e. The molecule has 0 amide bonds. The molecule has 1 unspecified atom stereocenters. The molecule has 1 N–H and O–H groups in total. The molecule has 2 rings (SSSR count). The first kappa shape index (κ1) is 14.7. The van der Waals surface area contributed by atoms with Gasteiger partial charge in [0.2, 0.25) is 0 Å². The van der Waals surface area contributed by atoms with Crippen LogP contribution in [0.3, 0.4) is 0 Å². The first-order chi connectivity index (χ1) is 9.60. The lowest BCUT2D eigenvalue weighted by Crippen LogP contribution is -2.25. The van der Waals surface area contributed by atoms with Gasteiger partial charge in [-0.3, -0.25) is 4.68 Å². The van der Waals surface area contributed by atoms with Gasteiger partial charge >= 0.3 is 0 Å². The summed E-state index contributed by atoms with van der Waals surface area (Å²) in [4.78, 5) is 0. The van der Waals surface area contributed by atoms with Gasteiger partial charge in [-0.25, -0.2) is 8.78 Å². The van der Waals surface area contributed by atoms with Crippen molar-refractivity contribution in [3.63, 3.8) is 0 Å². The van der Waals surface area contributed by atoms with Crippen LogP contribution in [0.5, 0.6) is 0 Å². The lowest BCUT2D eigenvalue weighted by molar-refractivity contribution is 0.494. The van der Waals surface area contributed by atoms with E-state index in [1.165, 1.54) is 12.1 Å². The standard InChI is InChI=1S/C15H19F2N3/c1-3-7-18-15(14-6-8-20(2)19-14)9-11-4-5-12(16)10-13(11)17/h4-6,8,10,15,18H,3,7,9H2,1-2H3. The minimum atomic E-state index is -0.554. The van der Waals surface area contributed by atoms with Crippen LogP contribution in [0.25, 0.3) is 0 Å². The highest BCUT2D eigenvalue weighted by molar-refractivity contribution is 5.21. The number of nitrogens with zero attached hydrogens (tertiary/aromatic N) is 2. The molecule has 0 aliphatic heterocycles. The van der Waals surface area contributed by atoms with Gasteiger partial charge in [-0.2, -0.15) is 5.10 Å². The van der Waals surface area contributed by atoms with E-state index in [1.54, 1.807) is 4.68 Å². The van der Waals surface area contributed by atoms with Crippen LogP contribution in [0.1, 0.15) is 30.6 Å². The van der Waals surface area contributed by atoms with Crippen molar-refractivity contribution in [3.05, 3.63) is 53.4 Å². The number of aromatic nitrogens is 2. The summed E-state index contributed by atoms with van der Waals surface area (Å²) in [6, 6.07) is 5.54. The van der Waals surface area contributed by atoms with E-state index in [2.05, 4.69) is 17.3 Å². The number of halogens is 2. The normalized spacial score (nSPS) is 12.6. The number of hydrogen-bond donors (Lipinski definition) is 1. The third kappa shape index (κ3) is 3.63. The van der Waals surface area contributed by atoms with Gasteiger partial charge in [0, 0.05) is 19.3 Å². The second-order valence-electron chi connectivity index (χ2n) is 4.86. The molecule has 1 aromatic heterocycles. The van der Waals surface area contributed by atoms with Crippen molar-refractivity contribution in [2.24, 2.45) is 7.05 Å². The highest BCUT2D eigenvalue weighted by Crippen LogP contribution is 2.19. The fourth-order valence-corrected chi connectivity index (χ4v) is 2.13. The molecule has 0 saturated heterocycles. The molecule has 0 fully saturated rings. The average molecular weight is 279 g/mol. The summed E-state index contributed by atoms with van der Waals surface area (Å²) in [6.07, 6.45) is 3.29. The van der Waals surface area contributed by atoms with Gasteiger partial charge < -0.3 is 5.32 Å². The van der Waals surface area contributed by atoms with Gasteiger partial charge in [0.1, 0.15) is 11.6 Å². The monoisotopic (exact) mass is 279 g/mol. The molecule has 0 radical (unpaired) electrons. The predicted octanol–water partition coefficient (Wildman–Crippen LogP) is 2.98. The maximum atomic E-state index is 13.8. The second kappa shape index (κ2) is 6.61. The van der Waals surface area contributed by atoms with Gasteiger partial charge in [-0.15, -0.1) is 0 Å². The Labute approximate surface area is 117 Å². The Morgan fingerprint density at radius 3 is 2.70 bits per heavy atom. The Hall–Kier alpha value is -1.75. The quantitative estimate of drug-likeness (QED) is 0.881. The summed E-state index contributed by atoms with van der Waals surface area (Å²) in [6.45, 7) is 2.89. The SMILES string of the molecule is CCCNC(Cc1ccc(F)cc1F)c1ccn(C)n1. The van der Waals surface area contributed by atoms with Crippen LogP contribution < -0.4 is 5.32 Å². The summed E-state index contributed by atoms with van der Waals surface area (Å²) in [7, 11) is 1.85. The van der Waals surface area contributed by atoms with E-state index in [4.69, 9.17) is 0 Å². The number of nitrogens with one attached hydrogen (secondary N) is 1. The summed E-state index contributed by atoms with van der Waals surface area (Å²) < 4.78 is 28.4. The van der Waals surface area contributed by atoms with Gasteiger partial charge in [0.05, 0.1) is 11.7 Å². The zero-order chi connectivity index (χ0) is 14.5. The fourth-order valence-electron chi connectivity index (χ4n) is 2.13.